The highest BCUT2D eigenvalue weighted by molar-refractivity contribution is 6.24. The third-order valence-corrected chi connectivity index (χ3v) is 16.1. The summed E-state index contributed by atoms with van der Waals surface area (Å²) >= 11 is 0. The van der Waals surface area contributed by atoms with E-state index in [0.717, 1.165) is 54.0 Å². The summed E-state index contributed by atoms with van der Waals surface area (Å²) in [6.45, 7) is 4.27. The molecule has 0 saturated carbocycles. The van der Waals surface area contributed by atoms with Crippen LogP contribution < -0.4 is 0 Å². The van der Waals surface area contributed by atoms with E-state index < -0.39 is 0 Å². The fourth-order valence-corrected chi connectivity index (χ4v) is 12.6. The second kappa shape index (κ2) is 20.1. The van der Waals surface area contributed by atoms with Crippen LogP contribution >= 0.6 is 0 Å². The third-order valence-electron chi connectivity index (χ3n) is 16.1. The van der Waals surface area contributed by atoms with Crippen molar-refractivity contribution in [2.24, 2.45) is 0 Å². The Morgan fingerprint density at radius 3 is 1.78 bits per heavy atom. The number of nitrogens with zero attached hydrogens (tertiary/aromatic N) is 2. The highest BCUT2D eigenvalue weighted by atomic mass is 15.1. The zero-order valence-corrected chi connectivity index (χ0v) is 43.5. The first-order valence-electron chi connectivity index (χ1n) is 27.4. The van der Waals surface area contributed by atoms with Gasteiger partial charge in [0.1, 0.15) is 5.82 Å². The van der Waals surface area contributed by atoms with Crippen LogP contribution in [0.15, 0.2) is 285 Å². The molecule has 0 spiro atoms. The van der Waals surface area contributed by atoms with Crippen molar-refractivity contribution in [3.05, 3.63) is 302 Å². The molecule has 10 aromatic carbocycles. The first-order valence-corrected chi connectivity index (χ1v) is 27.4. The zero-order valence-electron chi connectivity index (χ0n) is 43.5. The van der Waals surface area contributed by atoms with Crippen LogP contribution in [0, 0.1) is 0 Å². The van der Waals surface area contributed by atoms with Gasteiger partial charge >= 0.3 is 0 Å². The van der Waals surface area contributed by atoms with Crippen molar-refractivity contribution < 1.29 is 0 Å². The normalized spacial score (nSPS) is 15.8. The Balaban J connectivity index is 0.973. The Hall–Kier alpha value is -9.63. The van der Waals surface area contributed by atoms with Crippen LogP contribution in [0.4, 0.5) is 0 Å². The molecule has 1 unspecified atom stereocenters. The Morgan fingerprint density at radius 2 is 1.12 bits per heavy atom. The van der Waals surface area contributed by atoms with Crippen molar-refractivity contribution in [1.82, 2.24) is 9.55 Å². The lowest BCUT2D eigenvalue weighted by molar-refractivity contribution is 0.816. The van der Waals surface area contributed by atoms with E-state index in [-0.39, 0.29) is 5.92 Å². The Bertz CT molecular complexity index is 4430. The summed E-state index contributed by atoms with van der Waals surface area (Å²) in [6.07, 6.45) is 34.7. The minimum Gasteiger partial charge on any atom is -0.292 e. The first-order chi connectivity index (χ1) is 38.7. The standard InChI is InChI=1S/C76H56N2/c1-2-23-58(48-51-24-7-3-8-25-51)73-67-39-22-21-38-66(67)71(59-45-40-52-26-15-16-31-57(52)49-59)68-47-46-60(50-69(68)73)72-64-36-19-17-34-62(64)70(63-35-18-20-37-65(63)72)53-41-43-56(44-42-53)76-77-74(54-27-9-4-10-28-54)75(55-29-11-5-12-30-55)78(76)61-32-13-6-14-33-61/h2-11,13-24,26-27,29,31-50,54H,1,12,25,28,30H2/b51-48-,58-23+. The van der Waals surface area contributed by atoms with Gasteiger partial charge in [-0.15, -0.1) is 0 Å². The zero-order chi connectivity index (χ0) is 51.9. The van der Waals surface area contributed by atoms with Gasteiger partial charge in [-0.2, -0.15) is 0 Å². The summed E-state index contributed by atoms with van der Waals surface area (Å²) in [4.78, 5) is 5.63. The van der Waals surface area contributed by atoms with E-state index in [1.807, 2.05) is 6.08 Å². The molecule has 1 heterocycles. The van der Waals surface area contributed by atoms with Gasteiger partial charge in [-0.3, -0.25) is 4.57 Å². The number of rotatable bonds is 10. The van der Waals surface area contributed by atoms with Crippen LogP contribution in [0.25, 0.3) is 115 Å². The van der Waals surface area contributed by atoms with E-state index in [9.17, 15) is 0 Å². The fraction of sp³-hybridized carbons (Fsp3) is 0.0658. The van der Waals surface area contributed by atoms with Gasteiger partial charge in [-0.05, 0) is 159 Å². The molecule has 0 N–H and O–H groups in total. The first kappa shape index (κ1) is 46.9. The molecule has 78 heavy (non-hydrogen) atoms. The van der Waals surface area contributed by atoms with Gasteiger partial charge in [0, 0.05) is 17.2 Å². The van der Waals surface area contributed by atoms with Gasteiger partial charge in [-0.25, -0.2) is 4.98 Å². The molecule has 0 amide bonds. The molecule has 0 radical (unpaired) electrons. The number of aromatic nitrogens is 2. The second-order valence-electron chi connectivity index (χ2n) is 20.8. The minimum absolute atomic E-state index is 0.191. The maximum atomic E-state index is 5.63. The fourth-order valence-electron chi connectivity index (χ4n) is 12.6. The van der Waals surface area contributed by atoms with Crippen molar-refractivity contribution in [1.29, 1.82) is 0 Å². The van der Waals surface area contributed by atoms with Gasteiger partial charge in [0.25, 0.3) is 0 Å². The van der Waals surface area contributed by atoms with E-state index in [0.29, 0.717) is 0 Å². The van der Waals surface area contributed by atoms with Gasteiger partial charge < -0.3 is 0 Å². The van der Waals surface area contributed by atoms with Crippen molar-refractivity contribution in [2.75, 3.05) is 0 Å². The van der Waals surface area contributed by atoms with Crippen LogP contribution in [-0.2, 0) is 0 Å². The predicted molar refractivity (Wildman–Crippen MR) is 334 cm³/mol. The van der Waals surface area contributed by atoms with Crippen molar-refractivity contribution in [2.45, 2.75) is 31.6 Å². The number of hydrogen-bond donors (Lipinski definition) is 0. The van der Waals surface area contributed by atoms with Crippen LogP contribution in [0.2, 0.25) is 0 Å². The molecule has 0 bridgehead atoms. The van der Waals surface area contributed by atoms with Crippen molar-refractivity contribution in [3.63, 3.8) is 0 Å². The third kappa shape index (κ3) is 8.25. The molecule has 1 aromatic heterocycles. The van der Waals surface area contributed by atoms with Gasteiger partial charge in [0.2, 0.25) is 0 Å². The molecule has 11 aromatic rings. The molecular weight excluding hydrogens is 941 g/mol. The minimum atomic E-state index is 0.191. The molecule has 0 saturated heterocycles. The Kier molecular flexibility index (Phi) is 12.1. The molecule has 370 valence electrons. The molecule has 0 fully saturated rings. The monoisotopic (exact) mass is 996 g/mol. The van der Waals surface area contributed by atoms with Crippen LogP contribution in [-0.4, -0.2) is 9.55 Å². The number of allylic oxidation sites excluding steroid dienone is 17. The molecular formula is C76H56N2. The molecule has 3 aliphatic carbocycles. The highest BCUT2D eigenvalue weighted by Gasteiger charge is 2.28. The summed E-state index contributed by atoms with van der Waals surface area (Å²) in [6, 6.07) is 69.9. The Morgan fingerprint density at radius 1 is 0.513 bits per heavy atom. The van der Waals surface area contributed by atoms with Gasteiger partial charge in [-0.1, -0.05) is 255 Å². The van der Waals surface area contributed by atoms with Gasteiger partial charge in [0.15, 0.2) is 0 Å². The smallest absolute Gasteiger partial charge is 0.145 e. The van der Waals surface area contributed by atoms with Crippen molar-refractivity contribution >= 4 is 65.0 Å². The maximum Gasteiger partial charge on any atom is 0.145 e. The number of para-hydroxylation sites is 1. The lowest BCUT2D eigenvalue weighted by atomic mass is 9.82. The number of imidazole rings is 1. The van der Waals surface area contributed by atoms with E-state index in [2.05, 4.69) is 278 Å². The van der Waals surface area contributed by atoms with E-state index in [4.69, 9.17) is 4.98 Å². The quantitative estimate of drug-likeness (QED) is 0.0986. The summed E-state index contributed by atoms with van der Waals surface area (Å²) < 4.78 is 2.42. The predicted octanol–water partition coefficient (Wildman–Crippen LogP) is 20.7. The second-order valence-corrected chi connectivity index (χ2v) is 20.8. The summed E-state index contributed by atoms with van der Waals surface area (Å²) in [7, 11) is 0. The van der Waals surface area contributed by atoms with Gasteiger partial charge in [0.05, 0.1) is 11.4 Å². The summed E-state index contributed by atoms with van der Waals surface area (Å²) in [5.74, 6) is 1.15. The average molecular weight is 997 g/mol. The van der Waals surface area contributed by atoms with E-state index in [1.165, 1.54) is 110 Å². The average Bonchev–Trinajstić information content (AvgIpc) is 4.01. The van der Waals surface area contributed by atoms with E-state index >= 15 is 0 Å². The topological polar surface area (TPSA) is 17.8 Å². The van der Waals surface area contributed by atoms with Crippen LogP contribution in [0.1, 0.15) is 48.6 Å². The molecule has 0 aliphatic heterocycles. The number of hydrogen-bond acceptors (Lipinski definition) is 1. The Labute approximate surface area is 456 Å². The molecule has 2 heteroatoms. The van der Waals surface area contributed by atoms with Crippen LogP contribution in [0.3, 0.4) is 0 Å². The molecule has 1 atom stereocenters. The van der Waals surface area contributed by atoms with E-state index in [1.54, 1.807) is 0 Å². The molecule has 3 aliphatic rings. The largest absolute Gasteiger partial charge is 0.292 e. The van der Waals surface area contributed by atoms with Crippen molar-refractivity contribution in [3.8, 4) is 50.5 Å². The number of benzene rings is 10. The lowest BCUT2D eigenvalue weighted by Crippen LogP contribution is -2.06. The highest BCUT2D eigenvalue weighted by Crippen LogP contribution is 2.49. The SMILES string of the molecule is C=C/C=C(\C=C1\C=CC=CC1)c1c2ccccc2c(-c2ccc3ccccc3c2)c2ccc(-c3c4ccccc4c(-c4ccc(-c5nc(C6C=CC=CC6)c(C6=CC=CCC6)n5-c5ccccc5)cc4)c4ccccc34)cc12. The maximum absolute atomic E-state index is 5.63. The number of fused-ring (bicyclic) bond motifs is 5. The van der Waals surface area contributed by atoms with Crippen LogP contribution in [0.5, 0.6) is 0 Å². The summed E-state index contributed by atoms with van der Waals surface area (Å²) in [5, 5.41) is 12.2. The lowest BCUT2D eigenvalue weighted by Gasteiger charge is -2.21. The molecule has 14 rings (SSSR count). The summed E-state index contributed by atoms with van der Waals surface area (Å²) in [5.41, 5.74) is 16.7. The molecule has 2 nitrogen and oxygen atoms in total.